The van der Waals surface area contributed by atoms with Gasteiger partial charge in [-0.3, -0.25) is 9.36 Å². The lowest BCUT2D eigenvalue weighted by Gasteiger charge is -2.22. The predicted octanol–water partition coefficient (Wildman–Crippen LogP) is 6.12. The molecule has 3 aromatic rings. The number of halogens is 1. The van der Waals surface area contributed by atoms with Crippen LogP contribution in [-0.2, 0) is 6.54 Å². The van der Waals surface area contributed by atoms with Crippen molar-refractivity contribution in [1.29, 1.82) is 0 Å². The van der Waals surface area contributed by atoms with Gasteiger partial charge < -0.3 is 4.90 Å². The van der Waals surface area contributed by atoms with Crippen molar-refractivity contribution in [3.8, 4) is 11.4 Å². The van der Waals surface area contributed by atoms with Crippen LogP contribution in [0.5, 0.6) is 0 Å². The molecule has 0 spiro atoms. The maximum Gasteiger partial charge on any atom is 0.261 e. The number of benzene rings is 2. The Morgan fingerprint density at radius 2 is 1.60 bits per heavy atom. The lowest BCUT2D eigenvalue weighted by atomic mass is 10.1. The van der Waals surface area contributed by atoms with Gasteiger partial charge in [-0.25, -0.2) is 4.98 Å². The summed E-state index contributed by atoms with van der Waals surface area (Å²) < 4.78 is 2.76. The van der Waals surface area contributed by atoms with Crippen LogP contribution in [0.1, 0.15) is 46.0 Å². The number of hydrogen-bond acceptors (Lipinski definition) is 3. The van der Waals surface area contributed by atoms with E-state index in [1.54, 1.807) is 0 Å². The quantitative estimate of drug-likeness (QED) is 0.339. The van der Waals surface area contributed by atoms with Crippen LogP contribution in [0.4, 0.5) is 0 Å². The summed E-state index contributed by atoms with van der Waals surface area (Å²) in [5, 5.41) is 0.665. The second kappa shape index (κ2) is 11.4. The van der Waals surface area contributed by atoms with Crippen LogP contribution in [0.2, 0.25) is 0 Å². The highest BCUT2D eigenvalue weighted by molar-refractivity contribution is 9.10. The van der Waals surface area contributed by atoms with Crippen molar-refractivity contribution >= 4 is 26.8 Å². The fourth-order valence-electron chi connectivity index (χ4n) is 3.76. The zero-order valence-corrected chi connectivity index (χ0v) is 19.7. The number of unbranched alkanes of at least 4 members (excludes halogenated alkanes) is 2. The Morgan fingerprint density at radius 3 is 2.27 bits per heavy atom. The molecule has 0 saturated heterocycles. The second-order valence-electron chi connectivity index (χ2n) is 7.82. The zero-order chi connectivity index (χ0) is 21.3. The molecule has 4 nitrogen and oxygen atoms in total. The minimum Gasteiger partial charge on any atom is -0.303 e. The van der Waals surface area contributed by atoms with Gasteiger partial charge in [0.2, 0.25) is 0 Å². The minimum absolute atomic E-state index is 0.0359. The van der Waals surface area contributed by atoms with Crippen LogP contribution in [0, 0.1) is 0 Å². The van der Waals surface area contributed by atoms with Crippen LogP contribution in [-0.4, -0.2) is 34.1 Å². The molecule has 0 unspecified atom stereocenters. The van der Waals surface area contributed by atoms with Gasteiger partial charge in [-0.2, -0.15) is 0 Å². The monoisotopic (exact) mass is 469 g/mol. The molecular weight excluding hydrogens is 438 g/mol. The van der Waals surface area contributed by atoms with E-state index in [2.05, 4.69) is 34.7 Å². The SMILES string of the molecule is CCCCN(CCCC)CCCn1c(-c2ccccc2)nc2ccc(Br)cc2c1=O. The Hall–Kier alpha value is -1.98. The summed E-state index contributed by atoms with van der Waals surface area (Å²) in [6.07, 6.45) is 5.82. The molecule has 2 aromatic carbocycles. The van der Waals surface area contributed by atoms with Gasteiger partial charge >= 0.3 is 0 Å². The van der Waals surface area contributed by atoms with Crippen LogP contribution >= 0.6 is 15.9 Å². The van der Waals surface area contributed by atoms with Crippen LogP contribution in [0.3, 0.4) is 0 Å². The van der Waals surface area contributed by atoms with Crippen molar-refractivity contribution in [2.75, 3.05) is 19.6 Å². The molecule has 5 heteroatoms. The zero-order valence-electron chi connectivity index (χ0n) is 18.1. The van der Waals surface area contributed by atoms with E-state index in [0.717, 1.165) is 47.4 Å². The highest BCUT2D eigenvalue weighted by Gasteiger charge is 2.14. The van der Waals surface area contributed by atoms with E-state index in [4.69, 9.17) is 4.98 Å². The molecule has 1 aromatic heterocycles. The molecule has 0 saturated carbocycles. The average molecular weight is 470 g/mol. The van der Waals surface area contributed by atoms with Crippen LogP contribution in [0.15, 0.2) is 57.8 Å². The molecule has 160 valence electrons. The topological polar surface area (TPSA) is 38.1 Å². The van der Waals surface area contributed by atoms with Gasteiger partial charge in [0.05, 0.1) is 10.9 Å². The predicted molar refractivity (Wildman–Crippen MR) is 130 cm³/mol. The Labute approximate surface area is 188 Å². The first-order valence-electron chi connectivity index (χ1n) is 11.1. The summed E-state index contributed by atoms with van der Waals surface area (Å²) in [5.41, 5.74) is 1.76. The van der Waals surface area contributed by atoms with Gasteiger partial charge in [0.25, 0.3) is 5.56 Å². The third kappa shape index (κ3) is 5.79. The molecular formula is C25H32BrN3O. The molecule has 0 amide bonds. The highest BCUT2D eigenvalue weighted by Crippen LogP contribution is 2.21. The third-order valence-electron chi connectivity index (χ3n) is 5.46. The van der Waals surface area contributed by atoms with E-state index >= 15 is 0 Å². The maximum absolute atomic E-state index is 13.4. The molecule has 30 heavy (non-hydrogen) atoms. The molecule has 1 heterocycles. The van der Waals surface area contributed by atoms with Gasteiger partial charge in [0, 0.05) is 16.6 Å². The minimum atomic E-state index is 0.0359. The van der Waals surface area contributed by atoms with Crippen molar-refractivity contribution in [3.05, 3.63) is 63.4 Å². The highest BCUT2D eigenvalue weighted by atomic mass is 79.9. The second-order valence-corrected chi connectivity index (χ2v) is 8.74. The fraction of sp³-hybridized carbons (Fsp3) is 0.440. The van der Waals surface area contributed by atoms with Crippen LogP contribution < -0.4 is 5.56 Å². The maximum atomic E-state index is 13.4. The molecule has 0 aliphatic carbocycles. The van der Waals surface area contributed by atoms with Crippen molar-refractivity contribution in [2.24, 2.45) is 0 Å². The fourth-order valence-corrected chi connectivity index (χ4v) is 4.12. The van der Waals surface area contributed by atoms with E-state index in [9.17, 15) is 4.79 Å². The number of nitrogens with zero attached hydrogens (tertiary/aromatic N) is 3. The van der Waals surface area contributed by atoms with E-state index in [-0.39, 0.29) is 5.56 Å². The van der Waals surface area contributed by atoms with Crippen molar-refractivity contribution in [1.82, 2.24) is 14.5 Å². The van der Waals surface area contributed by atoms with E-state index in [1.807, 2.05) is 53.1 Å². The summed E-state index contributed by atoms with van der Waals surface area (Å²) >= 11 is 3.49. The van der Waals surface area contributed by atoms with E-state index in [0.29, 0.717) is 11.9 Å². The molecule has 0 aliphatic rings. The summed E-state index contributed by atoms with van der Waals surface area (Å²) in [6, 6.07) is 15.8. The molecule has 0 N–H and O–H groups in total. The first-order valence-corrected chi connectivity index (χ1v) is 11.9. The molecule has 3 rings (SSSR count). The Bertz CT molecular complexity index is 992. The van der Waals surface area contributed by atoms with E-state index < -0.39 is 0 Å². The van der Waals surface area contributed by atoms with Crippen molar-refractivity contribution < 1.29 is 0 Å². The normalized spacial score (nSPS) is 11.5. The third-order valence-corrected chi connectivity index (χ3v) is 5.95. The molecule has 0 radical (unpaired) electrons. The van der Waals surface area contributed by atoms with Crippen LogP contribution in [0.25, 0.3) is 22.3 Å². The summed E-state index contributed by atoms with van der Waals surface area (Å²) in [6.45, 7) is 8.44. The number of fused-ring (bicyclic) bond motifs is 1. The van der Waals surface area contributed by atoms with Gasteiger partial charge in [0.15, 0.2) is 0 Å². The van der Waals surface area contributed by atoms with Crippen molar-refractivity contribution in [3.63, 3.8) is 0 Å². The van der Waals surface area contributed by atoms with Crippen molar-refractivity contribution in [2.45, 2.75) is 52.5 Å². The lowest BCUT2D eigenvalue weighted by molar-refractivity contribution is 0.257. The Balaban J connectivity index is 1.89. The Morgan fingerprint density at radius 1 is 0.933 bits per heavy atom. The average Bonchev–Trinajstić information content (AvgIpc) is 2.77. The summed E-state index contributed by atoms with van der Waals surface area (Å²) in [5.74, 6) is 0.754. The molecule has 0 bridgehead atoms. The first kappa shape index (κ1) is 22.7. The largest absolute Gasteiger partial charge is 0.303 e. The van der Waals surface area contributed by atoms with Gasteiger partial charge in [0.1, 0.15) is 5.82 Å². The van der Waals surface area contributed by atoms with Gasteiger partial charge in [-0.15, -0.1) is 0 Å². The smallest absolute Gasteiger partial charge is 0.261 e. The van der Waals surface area contributed by atoms with Gasteiger partial charge in [-0.1, -0.05) is 73.0 Å². The molecule has 0 fully saturated rings. The summed E-state index contributed by atoms with van der Waals surface area (Å²) in [7, 11) is 0. The first-order chi connectivity index (χ1) is 14.6. The number of hydrogen-bond donors (Lipinski definition) is 0. The summed E-state index contributed by atoms with van der Waals surface area (Å²) in [4.78, 5) is 20.8. The number of rotatable bonds is 11. The van der Waals surface area contributed by atoms with Gasteiger partial charge in [-0.05, 0) is 57.1 Å². The molecule has 0 atom stereocenters. The van der Waals surface area contributed by atoms with E-state index in [1.165, 1.54) is 25.7 Å². The Kier molecular flexibility index (Phi) is 8.64. The lowest BCUT2D eigenvalue weighted by Crippen LogP contribution is -2.30. The number of aromatic nitrogens is 2. The molecule has 0 aliphatic heterocycles. The standard InChI is InChI=1S/C25H32BrN3O/c1-3-5-15-28(16-6-4-2)17-10-18-29-24(20-11-8-7-9-12-20)27-23-14-13-21(26)19-22(23)25(29)30/h7-9,11-14,19H,3-6,10,15-18H2,1-2H3.